The number of hydrogen-bond acceptors (Lipinski definition) is 1. The maximum Gasteiger partial charge on any atom is 0.314 e. The van der Waals surface area contributed by atoms with Crippen molar-refractivity contribution in [1.29, 1.82) is 0 Å². The van der Waals surface area contributed by atoms with Gasteiger partial charge in [0.05, 0.1) is 0 Å². The zero-order chi connectivity index (χ0) is 3.58. The molecule has 6 heavy (non-hydrogen) atoms. The normalized spacial score (nSPS) is 5.83. The van der Waals surface area contributed by atoms with Gasteiger partial charge in [0.15, 0.2) is 0 Å². The highest BCUT2D eigenvalue weighted by Crippen LogP contribution is 1.98. The van der Waals surface area contributed by atoms with E-state index < -0.39 is 8.25 Å². The van der Waals surface area contributed by atoms with Gasteiger partial charge >= 0.3 is 8.25 Å². The van der Waals surface area contributed by atoms with E-state index in [1.807, 2.05) is 0 Å². The van der Waals surface area contributed by atoms with Crippen molar-refractivity contribution in [2.75, 3.05) is 0 Å². The molecule has 2 N–H and O–H groups in total. The highest BCUT2D eigenvalue weighted by Gasteiger charge is 1.61. The smallest absolute Gasteiger partial charge is 0.314 e. The van der Waals surface area contributed by atoms with E-state index in [2.05, 4.69) is 0 Å². The summed E-state index contributed by atoms with van der Waals surface area (Å²) in [6, 6.07) is 0. The molecule has 0 radical (unpaired) electrons. The molecule has 0 rings (SSSR count). The fourth-order valence-electron chi connectivity index (χ4n) is 0. The molecule has 42 valence electrons. The minimum atomic E-state index is -3.13. The average molecular weight is 114 g/mol. The summed E-state index contributed by atoms with van der Waals surface area (Å²) in [6.45, 7) is 0. The fourth-order valence-corrected chi connectivity index (χ4v) is 0. The lowest BCUT2D eigenvalue weighted by atomic mass is 12.0. The van der Waals surface area contributed by atoms with E-state index in [0.717, 1.165) is 0 Å². The maximum atomic E-state index is 8.74. The Morgan fingerprint density at radius 3 is 1.17 bits per heavy atom. The van der Waals surface area contributed by atoms with Crippen LogP contribution in [-0.4, -0.2) is 9.79 Å². The van der Waals surface area contributed by atoms with Crippen molar-refractivity contribution < 1.29 is 14.4 Å². The SMILES string of the molecule is C.C.O=[PH](O)O. The molecule has 0 aliphatic heterocycles. The van der Waals surface area contributed by atoms with Crippen LogP contribution in [0.15, 0.2) is 0 Å². The van der Waals surface area contributed by atoms with Crippen LogP contribution in [0.1, 0.15) is 14.9 Å². The largest absolute Gasteiger partial charge is 0.326 e. The van der Waals surface area contributed by atoms with E-state index in [9.17, 15) is 0 Å². The predicted octanol–water partition coefficient (Wildman–Crippen LogP) is 0.633. The second-order valence-corrected chi connectivity index (χ2v) is 0.848. The third-order valence-electron chi connectivity index (χ3n) is 0. The molecule has 0 spiro atoms. The summed E-state index contributed by atoms with van der Waals surface area (Å²) >= 11 is 0. The first-order chi connectivity index (χ1) is 1.73. The molecule has 0 aliphatic carbocycles. The highest BCUT2D eigenvalue weighted by atomic mass is 31.1. The molecular formula is C2H11O3P. The predicted molar refractivity (Wildman–Crippen MR) is 26.9 cm³/mol. The second-order valence-electron chi connectivity index (χ2n) is 0.283. The van der Waals surface area contributed by atoms with Gasteiger partial charge in [-0.3, -0.25) is 4.57 Å². The Labute approximate surface area is 38.6 Å². The van der Waals surface area contributed by atoms with Crippen molar-refractivity contribution in [3.05, 3.63) is 0 Å². The van der Waals surface area contributed by atoms with Gasteiger partial charge < -0.3 is 9.79 Å². The van der Waals surface area contributed by atoms with Crippen molar-refractivity contribution >= 4 is 8.25 Å². The van der Waals surface area contributed by atoms with Gasteiger partial charge in [-0.05, 0) is 0 Å². The molecule has 0 saturated carbocycles. The second kappa shape index (κ2) is 8.94. The molecule has 4 heteroatoms. The van der Waals surface area contributed by atoms with Crippen LogP contribution in [0.4, 0.5) is 0 Å². The molecule has 0 bridgehead atoms. The molecule has 0 unspecified atom stereocenters. The summed E-state index contributed by atoms with van der Waals surface area (Å²) in [6.07, 6.45) is 0. The highest BCUT2D eigenvalue weighted by molar-refractivity contribution is 7.30. The van der Waals surface area contributed by atoms with E-state index in [-0.39, 0.29) is 14.9 Å². The van der Waals surface area contributed by atoms with Crippen molar-refractivity contribution in [2.24, 2.45) is 0 Å². The minimum Gasteiger partial charge on any atom is -0.326 e. The third-order valence-corrected chi connectivity index (χ3v) is 0. The van der Waals surface area contributed by atoms with Gasteiger partial charge in [0.25, 0.3) is 0 Å². The summed E-state index contributed by atoms with van der Waals surface area (Å²) in [5.74, 6) is 0. The van der Waals surface area contributed by atoms with Crippen LogP contribution in [-0.2, 0) is 4.57 Å². The number of hydrogen-bond donors (Lipinski definition) is 2. The van der Waals surface area contributed by atoms with Crippen molar-refractivity contribution in [2.45, 2.75) is 14.9 Å². The molecule has 0 amide bonds. The lowest BCUT2D eigenvalue weighted by molar-refractivity contribution is 0.405. The van der Waals surface area contributed by atoms with E-state index >= 15 is 0 Å². The van der Waals surface area contributed by atoms with E-state index in [0.29, 0.717) is 0 Å². The Bertz CT molecular complexity index is 31.8. The van der Waals surface area contributed by atoms with Crippen LogP contribution in [0.2, 0.25) is 0 Å². The first kappa shape index (κ1) is 16.4. The van der Waals surface area contributed by atoms with Crippen molar-refractivity contribution in [3.63, 3.8) is 0 Å². The van der Waals surface area contributed by atoms with Crippen LogP contribution >= 0.6 is 8.25 Å². The molecule has 0 aromatic heterocycles. The molecule has 0 saturated heterocycles. The Balaban J connectivity index is -0.0000000450. The fraction of sp³-hybridized carbons (Fsp3) is 1.00. The molecule has 0 aromatic rings. The van der Waals surface area contributed by atoms with Crippen LogP contribution in [0.5, 0.6) is 0 Å². The van der Waals surface area contributed by atoms with Gasteiger partial charge in [0.1, 0.15) is 0 Å². The summed E-state index contributed by atoms with van der Waals surface area (Å²) in [7, 11) is -3.13. The maximum absolute atomic E-state index is 8.74. The Morgan fingerprint density at radius 2 is 1.17 bits per heavy atom. The molecule has 0 aliphatic rings. The number of rotatable bonds is 0. The topological polar surface area (TPSA) is 57.5 Å². The first-order valence-corrected chi connectivity index (χ1v) is 1.95. The zero-order valence-electron chi connectivity index (χ0n) is 1.80. The Hall–Kier alpha value is 0.150. The van der Waals surface area contributed by atoms with Gasteiger partial charge in [0.2, 0.25) is 0 Å². The standard InChI is InChI=1S/2CH4.H3O3P/c;;1-4(2)3/h2*1H4;4H,(H2,1,2,3). The molecule has 3 nitrogen and oxygen atoms in total. The lowest BCUT2D eigenvalue weighted by Crippen LogP contribution is -1.38. The molecular weight excluding hydrogens is 103 g/mol. The van der Waals surface area contributed by atoms with Crippen molar-refractivity contribution in [1.82, 2.24) is 0 Å². The minimum absolute atomic E-state index is 0. The Kier molecular flexibility index (Phi) is 24.5. The first-order valence-electron chi connectivity index (χ1n) is 0.651. The van der Waals surface area contributed by atoms with Crippen LogP contribution in [0.3, 0.4) is 0 Å². The zero-order valence-corrected chi connectivity index (χ0v) is 2.80. The molecule has 0 atom stereocenters. The third kappa shape index (κ3) is 1830. The van der Waals surface area contributed by atoms with E-state index in [4.69, 9.17) is 14.4 Å². The van der Waals surface area contributed by atoms with Crippen LogP contribution < -0.4 is 0 Å². The van der Waals surface area contributed by atoms with Crippen LogP contribution in [0.25, 0.3) is 0 Å². The molecule has 0 fully saturated rings. The summed E-state index contributed by atoms with van der Waals surface area (Å²) < 4.78 is 8.74. The van der Waals surface area contributed by atoms with E-state index in [1.165, 1.54) is 0 Å². The van der Waals surface area contributed by atoms with Crippen molar-refractivity contribution in [3.8, 4) is 0 Å². The van der Waals surface area contributed by atoms with Gasteiger partial charge in [-0.1, -0.05) is 14.9 Å². The van der Waals surface area contributed by atoms with Crippen LogP contribution in [0, 0.1) is 0 Å². The summed E-state index contributed by atoms with van der Waals surface area (Å²) in [5.41, 5.74) is 0. The molecule has 0 aromatic carbocycles. The average Bonchev–Trinajstić information content (AvgIpc) is 0.811. The van der Waals surface area contributed by atoms with E-state index in [1.54, 1.807) is 0 Å². The quantitative estimate of drug-likeness (QED) is 0.454. The Morgan fingerprint density at radius 1 is 1.17 bits per heavy atom. The monoisotopic (exact) mass is 114 g/mol. The van der Waals surface area contributed by atoms with Gasteiger partial charge in [-0.25, -0.2) is 0 Å². The van der Waals surface area contributed by atoms with Gasteiger partial charge in [-0.2, -0.15) is 0 Å². The van der Waals surface area contributed by atoms with Gasteiger partial charge in [0, 0.05) is 0 Å². The van der Waals surface area contributed by atoms with Gasteiger partial charge in [-0.15, -0.1) is 0 Å². The molecule has 0 heterocycles. The summed E-state index contributed by atoms with van der Waals surface area (Å²) in [5, 5.41) is 0. The summed E-state index contributed by atoms with van der Waals surface area (Å²) in [4.78, 5) is 14.3. The lowest BCUT2D eigenvalue weighted by Gasteiger charge is -1.61.